The zero-order valence-electron chi connectivity index (χ0n) is 18.8. The molecule has 4 aromatic rings. The number of ether oxygens (including phenoxy) is 2. The maximum Gasteiger partial charge on any atom is 0.416 e. The third kappa shape index (κ3) is 5.15. The molecular weight excluding hydrogens is 543 g/mol. The van der Waals surface area contributed by atoms with E-state index in [9.17, 15) is 22.8 Å². The van der Waals surface area contributed by atoms with Crippen molar-refractivity contribution < 1.29 is 27.4 Å². The van der Waals surface area contributed by atoms with E-state index in [4.69, 9.17) is 9.47 Å². The Morgan fingerprint density at radius 2 is 1.86 bits per heavy atom. The van der Waals surface area contributed by atoms with Crippen LogP contribution in [0.4, 0.5) is 13.2 Å². The van der Waals surface area contributed by atoms with Crippen LogP contribution in [0.5, 0.6) is 11.5 Å². The number of esters is 1. The fourth-order valence-electron chi connectivity index (χ4n) is 3.46. The zero-order chi connectivity index (χ0) is 26.0. The zero-order valence-corrected chi connectivity index (χ0v) is 20.4. The fraction of sp³-hybridized carbons (Fsp3) is 0.120. The highest BCUT2D eigenvalue weighted by atomic mass is 79.9. The Balaban J connectivity index is 1.96. The van der Waals surface area contributed by atoms with Crippen molar-refractivity contribution in [3.05, 3.63) is 86.6 Å². The summed E-state index contributed by atoms with van der Waals surface area (Å²) >= 11 is 3.34. The highest BCUT2D eigenvalue weighted by molar-refractivity contribution is 9.10. The van der Waals surface area contributed by atoms with Crippen molar-refractivity contribution in [3.63, 3.8) is 0 Å². The number of fused-ring (bicyclic) bond motifs is 1. The van der Waals surface area contributed by atoms with Gasteiger partial charge in [-0.25, -0.2) is 4.98 Å². The topological polar surface area (TPSA) is 82.8 Å². The SMILES string of the molecule is COc1cc(Br)cc(C=Nn2c(-c3cccc(C(F)(F)F)c3)nc3ccccc3c2=O)c1OC(C)=O. The lowest BCUT2D eigenvalue weighted by Gasteiger charge is -2.13. The van der Waals surface area contributed by atoms with Crippen molar-refractivity contribution in [3.8, 4) is 22.9 Å². The maximum absolute atomic E-state index is 13.4. The van der Waals surface area contributed by atoms with Gasteiger partial charge in [-0.05, 0) is 36.4 Å². The van der Waals surface area contributed by atoms with Crippen LogP contribution in [0.3, 0.4) is 0 Å². The van der Waals surface area contributed by atoms with Gasteiger partial charge >= 0.3 is 12.1 Å². The lowest BCUT2D eigenvalue weighted by molar-refractivity contribution is -0.137. The van der Waals surface area contributed by atoms with Gasteiger partial charge in [-0.2, -0.15) is 22.9 Å². The molecule has 36 heavy (non-hydrogen) atoms. The Bertz CT molecular complexity index is 1560. The normalized spacial score (nSPS) is 11.7. The van der Waals surface area contributed by atoms with Crippen LogP contribution in [0, 0.1) is 0 Å². The lowest BCUT2D eigenvalue weighted by atomic mass is 10.1. The summed E-state index contributed by atoms with van der Waals surface area (Å²) in [5.41, 5.74) is -0.888. The predicted octanol–water partition coefficient (Wildman–Crippen LogP) is 5.66. The Kier molecular flexibility index (Phi) is 6.93. The van der Waals surface area contributed by atoms with Crippen molar-refractivity contribution in [1.29, 1.82) is 0 Å². The van der Waals surface area contributed by atoms with Crippen molar-refractivity contribution in [2.24, 2.45) is 5.10 Å². The van der Waals surface area contributed by atoms with Gasteiger partial charge < -0.3 is 9.47 Å². The van der Waals surface area contributed by atoms with Crippen molar-refractivity contribution in [2.75, 3.05) is 7.11 Å². The number of nitrogens with zero attached hydrogens (tertiary/aromatic N) is 3. The number of carbonyl (C=O) groups excluding carboxylic acids is 1. The molecule has 0 aliphatic heterocycles. The van der Waals surface area contributed by atoms with Gasteiger partial charge in [0.25, 0.3) is 5.56 Å². The molecule has 0 fully saturated rings. The molecule has 3 aromatic carbocycles. The summed E-state index contributed by atoms with van der Waals surface area (Å²) in [6, 6.07) is 14.0. The van der Waals surface area contributed by atoms with Crippen LogP contribution in [0.1, 0.15) is 18.1 Å². The van der Waals surface area contributed by atoms with E-state index in [0.29, 0.717) is 9.99 Å². The summed E-state index contributed by atoms with van der Waals surface area (Å²) in [7, 11) is 1.39. The Labute approximate surface area is 210 Å². The molecule has 0 bridgehead atoms. The van der Waals surface area contributed by atoms with E-state index in [-0.39, 0.29) is 33.8 Å². The molecule has 1 aromatic heterocycles. The van der Waals surface area contributed by atoms with E-state index in [1.54, 1.807) is 36.4 Å². The molecule has 0 atom stereocenters. The molecule has 0 radical (unpaired) electrons. The first-order chi connectivity index (χ1) is 17.1. The molecule has 11 heteroatoms. The predicted molar refractivity (Wildman–Crippen MR) is 131 cm³/mol. The van der Waals surface area contributed by atoms with E-state index in [2.05, 4.69) is 26.0 Å². The van der Waals surface area contributed by atoms with Crippen LogP contribution in [0.2, 0.25) is 0 Å². The molecule has 0 aliphatic carbocycles. The summed E-state index contributed by atoms with van der Waals surface area (Å²) in [5, 5.41) is 4.47. The molecule has 0 amide bonds. The standard InChI is InChI=1S/C25H17BrF3N3O4/c1-14(33)36-22-16(11-18(26)12-21(22)35-2)13-30-32-23(15-6-5-7-17(10-15)25(27,28)29)31-20-9-4-3-8-19(20)24(32)34/h3-13H,1-2H3. The van der Waals surface area contributed by atoms with Crippen LogP contribution in [-0.2, 0) is 11.0 Å². The van der Waals surface area contributed by atoms with Crippen LogP contribution >= 0.6 is 15.9 Å². The molecular formula is C25H17BrF3N3O4. The number of para-hydroxylation sites is 1. The Morgan fingerprint density at radius 3 is 2.56 bits per heavy atom. The molecule has 1 heterocycles. The highest BCUT2D eigenvalue weighted by Crippen LogP contribution is 2.35. The van der Waals surface area contributed by atoms with E-state index in [0.717, 1.165) is 16.8 Å². The number of methoxy groups -OCH3 is 1. The number of alkyl halides is 3. The fourth-order valence-corrected chi connectivity index (χ4v) is 3.92. The van der Waals surface area contributed by atoms with Gasteiger partial charge in [-0.3, -0.25) is 9.59 Å². The van der Waals surface area contributed by atoms with Gasteiger partial charge in [0.2, 0.25) is 0 Å². The molecule has 0 saturated carbocycles. The van der Waals surface area contributed by atoms with Gasteiger partial charge in [0.05, 0.1) is 29.8 Å². The largest absolute Gasteiger partial charge is 0.493 e. The quantitative estimate of drug-likeness (QED) is 0.179. The van der Waals surface area contributed by atoms with Crippen LogP contribution in [0.15, 0.2) is 75.0 Å². The monoisotopic (exact) mass is 559 g/mol. The maximum atomic E-state index is 13.4. The first-order valence-corrected chi connectivity index (χ1v) is 11.2. The summed E-state index contributed by atoms with van der Waals surface area (Å²) in [6.07, 6.45) is -3.35. The minimum absolute atomic E-state index is 0.0388. The van der Waals surface area contributed by atoms with Crippen molar-refractivity contribution in [1.82, 2.24) is 9.66 Å². The number of hydrogen-bond donors (Lipinski definition) is 0. The molecule has 0 aliphatic rings. The molecule has 0 spiro atoms. The second-order valence-corrected chi connectivity index (χ2v) is 8.43. The van der Waals surface area contributed by atoms with Gasteiger partial charge in [0.15, 0.2) is 17.3 Å². The molecule has 184 valence electrons. The van der Waals surface area contributed by atoms with Gasteiger partial charge in [-0.15, -0.1) is 0 Å². The van der Waals surface area contributed by atoms with Gasteiger partial charge in [0, 0.05) is 22.5 Å². The Hall–Kier alpha value is -3.99. The van der Waals surface area contributed by atoms with Gasteiger partial charge in [-0.1, -0.05) is 40.2 Å². The smallest absolute Gasteiger partial charge is 0.416 e. The minimum atomic E-state index is -4.59. The van der Waals surface area contributed by atoms with Crippen LogP contribution < -0.4 is 15.0 Å². The minimum Gasteiger partial charge on any atom is -0.493 e. The number of aromatic nitrogens is 2. The molecule has 4 rings (SSSR count). The van der Waals surface area contributed by atoms with E-state index in [1.807, 2.05) is 0 Å². The van der Waals surface area contributed by atoms with Crippen LogP contribution in [-0.4, -0.2) is 29.0 Å². The first-order valence-electron chi connectivity index (χ1n) is 10.4. The molecule has 0 saturated heterocycles. The second kappa shape index (κ2) is 9.94. The van der Waals surface area contributed by atoms with E-state index < -0.39 is 23.3 Å². The summed E-state index contributed by atoms with van der Waals surface area (Å²) < 4.78 is 52.1. The third-order valence-corrected chi connectivity index (χ3v) is 5.49. The van der Waals surface area contributed by atoms with Crippen molar-refractivity contribution >= 4 is 39.0 Å². The van der Waals surface area contributed by atoms with Crippen molar-refractivity contribution in [2.45, 2.75) is 13.1 Å². The number of rotatable bonds is 5. The number of benzene rings is 3. The summed E-state index contributed by atoms with van der Waals surface area (Å²) in [4.78, 5) is 29.4. The summed E-state index contributed by atoms with van der Waals surface area (Å²) in [6.45, 7) is 1.21. The van der Waals surface area contributed by atoms with E-state index in [1.165, 1.54) is 32.4 Å². The molecule has 7 nitrogen and oxygen atoms in total. The number of halogens is 4. The number of hydrogen-bond acceptors (Lipinski definition) is 6. The average molecular weight is 560 g/mol. The second-order valence-electron chi connectivity index (χ2n) is 7.51. The van der Waals surface area contributed by atoms with Gasteiger partial charge in [0.1, 0.15) is 0 Å². The summed E-state index contributed by atoms with van der Waals surface area (Å²) in [5.74, 6) is -0.431. The average Bonchev–Trinajstić information content (AvgIpc) is 2.84. The van der Waals surface area contributed by atoms with E-state index >= 15 is 0 Å². The highest BCUT2D eigenvalue weighted by Gasteiger charge is 2.31. The Morgan fingerprint density at radius 1 is 1.11 bits per heavy atom. The third-order valence-electron chi connectivity index (χ3n) is 5.03. The lowest BCUT2D eigenvalue weighted by Crippen LogP contribution is -2.20. The van der Waals surface area contributed by atoms with Crippen LogP contribution in [0.25, 0.3) is 22.3 Å². The molecule has 0 unspecified atom stereocenters. The molecule has 0 N–H and O–H groups in total. The first kappa shape index (κ1) is 25.1. The number of carbonyl (C=O) groups is 1.